The fourth-order valence-electron chi connectivity index (χ4n) is 3.75. The van der Waals surface area contributed by atoms with Crippen molar-refractivity contribution in [3.05, 3.63) is 50.9 Å². The van der Waals surface area contributed by atoms with Gasteiger partial charge in [-0.25, -0.2) is 4.98 Å². The number of benzene rings is 1. The molecule has 0 amide bonds. The normalized spacial score (nSPS) is 14.5. The number of fused-ring (bicyclic) bond motifs is 1. The molecule has 3 rings (SSSR count). The summed E-state index contributed by atoms with van der Waals surface area (Å²) in [6, 6.07) is 6.48. The van der Waals surface area contributed by atoms with Gasteiger partial charge in [-0.15, -0.1) is 0 Å². The van der Waals surface area contributed by atoms with E-state index in [9.17, 15) is 4.79 Å². The Bertz CT molecular complexity index is 871. The molecule has 1 aliphatic heterocycles. The Labute approximate surface area is 162 Å². The Morgan fingerprint density at radius 3 is 2.48 bits per heavy atom. The summed E-state index contributed by atoms with van der Waals surface area (Å²) in [5.74, 6) is 0.768. The second kappa shape index (κ2) is 8.26. The standard InChI is InChI=1S/C22H32N4O/c1-6-8-9-12-24-14-25(19-11-10-16(3)17(4)13-19)22-23-18(5)20(7-2)21(27)26(22)15-24/h10-11,13H,6-9,12,14-15H2,1-5H3. The molecule has 0 saturated carbocycles. The molecule has 0 unspecified atom stereocenters. The molecule has 0 fully saturated rings. The lowest BCUT2D eigenvalue weighted by molar-refractivity contribution is 0.194. The maximum Gasteiger partial charge on any atom is 0.259 e. The minimum absolute atomic E-state index is 0.106. The number of anilines is 2. The minimum Gasteiger partial charge on any atom is -0.298 e. The predicted octanol–water partition coefficient (Wildman–Crippen LogP) is 4.29. The van der Waals surface area contributed by atoms with E-state index in [0.717, 1.165) is 48.9 Å². The summed E-state index contributed by atoms with van der Waals surface area (Å²) in [5.41, 5.74) is 5.41. The average molecular weight is 369 g/mol. The SMILES string of the molecule is CCCCCN1CN(c2ccc(C)c(C)c2)c2nc(C)c(CC)c(=O)n2C1. The first-order valence-electron chi connectivity index (χ1n) is 10.1. The lowest BCUT2D eigenvalue weighted by Gasteiger charge is -2.38. The summed E-state index contributed by atoms with van der Waals surface area (Å²) in [5, 5.41) is 0. The van der Waals surface area contributed by atoms with Crippen LogP contribution < -0.4 is 10.5 Å². The third-order valence-electron chi connectivity index (χ3n) is 5.61. The molecule has 0 saturated heterocycles. The highest BCUT2D eigenvalue weighted by Crippen LogP contribution is 2.29. The van der Waals surface area contributed by atoms with Crippen LogP contribution in [0.15, 0.2) is 23.0 Å². The van der Waals surface area contributed by atoms with Gasteiger partial charge in [-0.1, -0.05) is 32.8 Å². The van der Waals surface area contributed by atoms with Crippen LogP contribution in [0.1, 0.15) is 55.5 Å². The lowest BCUT2D eigenvalue weighted by atomic mass is 10.1. The van der Waals surface area contributed by atoms with Gasteiger partial charge in [0, 0.05) is 23.5 Å². The van der Waals surface area contributed by atoms with Crippen LogP contribution in [-0.2, 0) is 13.1 Å². The van der Waals surface area contributed by atoms with Crippen LogP contribution in [0.5, 0.6) is 0 Å². The molecule has 2 aromatic rings. The van der Waals surface area contributed by atoms with E-state index < -0.39 is 0 Å². The highest BCUT2D eigenvalue weighted by Gasteiger charge is 2.27. The highest BCUT2D eigenvalue weighted by atomic mass is 16.1. The molecule has 0 radical (unpaired) electrons. The zero-order chi connectivity index (χ0) is 19.6. The topological polar surface area (TPSA) is 41.4 Å². The van der Waals surface area contributed by atoms with Crippen LogP contribution in [0.3, 0.4) is 0 Å². The maximum atomic E-state index is 13.1. The Morgan fingerprint density at radius 1 is 1.04 bits per heavy atom. The minimum atomic E-state index is 0.106. The fourth-order valence-corrected chi connectivity index (χ4v) is 3.75. The number of rotatable bonds is 6. The van der Waals surface area contributed by atoms with E-state index in [1.54, 1.807) is 0 Å². The van der Waals surface area contributed by atoms with Gasteiger partial charge in [0.2, 0.25) is 5.95 Å². The van der Waals surface area contributed by atoms with Crippen molar-refractivity contribution < 1.29 is 0 Å². The van der Waals surface area contributed by atoms with Crippen LogP contribution in [0.4, 0.5) is 11.6 Å². The van der Waals surface area contributed by atoms with Crippen molar-refractivity contribution >= 4 is 11.6 Å². The second-order valence-corrected chi connectivity index (χ2v) is 7.64. The summed E-state index contributed by atoms with van der Waals surface area (Å²) in [6.45, 7) is 12.8. The smallest absolute Gasteiger partial charge is 0.259 e. The molecule has 1 aromatic carbocycles. The molecular weight excluding hydrogens is 336 g/mol. The Balaban J connectivity index is 2.06. The van der Waals surface area contributed by atoms with Crippen LogP contribution in [0.2, 0.25) is 0 Å². The zero-order valence-corrected chi connectivity index (χ0v) is 17.4. The van der Waals surface area contributed by atoms with E-state index in [-0.39, 0.29) is 5.56 Å². The summed E-state index contributed by atoms with van der Waals surface area (Å²) in [6.07, 6.45) is 4.29. The average Bonchev–Trinajstić information content (AvgIpc) is 2.65. The van der Waals surface area contributed by atoms with E-state index >= 15 is 0 Å². The quantitative estimate of drug-likeness (QED) is 0.713. The molecule has 0 bridgehead atoms. The summed E-state index contributed by atoms with van der Waals surface area (Å²) >= 11 is 0. The van der Waals surface area contributed by atoms with Crippen LogP contribution in [0.25, 0.3) is 0 Å². The molecule has 0 atom stereocenters. The van der Waals surface area contributed by atoms with Gasteiger partial charge in [0.05, 0.1) is 13.3 Å². The molecule has 146 valence electrons. The number of nitrogens with zero attached hydrogens (tertiary/aromatic N) is 4. The number of hydrogen-bond donors (Lipinski definition) is 0. The Hall–Kier alpha value is -2.14. The van der Waals surface area contributed by atoms with Crippen molar-refractivity contribution in [2.75, 3.05) is 18.1 Å². The van der Waals surface area contributed by atoms with Gasteiger partial charge in [0.1, 0.15) is 0 Å². The number of unbranched alkanes of at least 4 members (excludes halogenated alkanes) is 2. The molecule has 2 heterocycles. The molecule has 27 heavy (non-hydrogen) atoms. The Kier molecular flexibility index (Phi) is 6.00. The molecule has 1 aliphatic rings. The van der Waals surface area contributed by atoms with Crippen molar-refractivity contribution in [3.63, 3.8) is 0 Å². The number of aryl methyl sites for hydroxylation is 3. The largest absolute Gasteiger partial charge is 0.298 e. The van der Waals surface area contributed by atoms with Gasteiger partial charge in [0.25, 0.3) is 5.56 Å². The molecule has 5 heteroatoms. The van der Waals surface area contributed by atoms with Gasteiger partial charge >= 0.3 is 0 Å². The third-order valence-corrected chi connectivity index (χ3v) is 5.61. The van der Waals surface area contributed by atoms with Crippen LogP contribution in [0, 0.1) is 20.8 Å². The lowest BCUT2D eigenvalue weighted by Crippen LogP contribution is -2.48. The number of hydrogen-bond acceptors (Lipinski definition) is 4. The van der Waals surface area contributed by atoms with Crippen molar-refractivity contribution in [2.24, 2.45) is 0 Å². The second-order valence-electron chi connectivity index (χ2n) is 7.64. The zero-order valence-electron chi connectivity index (χ0n) is 17.4. The first-order chi connectivity index (χ1) is 13.0. The van der Waals surface area contributed by atoms with Gasteiger partial charge in [-0.05, 0) is 56.9 Å². The molecule has 0 aliphatic carbocycles. The van der Waals surface area contributed by atoms with E-state index in [2.05, 4.69) is 48.8 Å². The van der Waals surface area contributed by atoms with E-state index in [1.807, 2.05) is 18.4 Å². The molecular formula is C22H32N4O. The molecule has 0 N–H and O–H groups in total. The molecule has 1 aromatic heterocycles. The van der Waals surface area contributed by atoms with Crippen molar-refractivity contribution in [3.8, 4) is 0 Å². The van der Waals surface area contributed by atoms with Crippen molar-refractivity contribution in [2.45, 2.75) is 67.0 Å². The van der Waals surface area contributed by atoms with Gasteiger partial charge in [-0.2, -0.15) is 0 Å². The van der Waals surface area contributed by atoms with Crippen LogP contribution in [-0.4, -0.2) is 27.7 Å². The summed E-state index contributed by atoms with van der Waals surface area (Å²) in [4.78, 5) is 22.5. The van der Waals surface area contributed by atoms with Gasteiger partial charge < -0.3 is 0 Å². The first kappa shape index (κ1) is 19.6. The molecule has 0 spiro atoms. The van der Waals surface area contributed by atoms with E-state index in [1.165, 1.54) is 24.0 Å². The van der Waals surface area contributed by atoms with Gasteiger partial charge in [0.15, 0.2) is 0 Å². The third kappa shape index (κ3) is 3.93. The molecule has 5 nitrogen and oxygen atoms in total. The fraction of sp³-hybridized carbons (Fsp3) is 0.545. The first-order valence-corrected chi connectivity index (χ1v) is 10.1. The summed E-state index contributed by atoms with van der Waals surface area (Å²) in [7, 11) is 0. The maximum absolute atomic E-state index is 13.1. The number of aromatic nitrogens is 2. The van der Waals surface area contributed by atoms with Crippen LogP contribution >= 0.6 is 0 Å². The Morgan fingerprint density at radius 2 is 1.81 bits per heavy atom. The predicted molar refractivity (Wildman–Crippen MR) is 112 cm³/mol. The van der Waals surface area contributed by atoms with Crippen molar-refractivity contribution in [1.82, 2.24) is 14.5 Å². The van der Waals surface area contributed by atoms with E-state index in [0.29, 0.717) is 6.67 Å². The van der Waals surface area contributed by atoms with Crippen molar-refractivity contribution in [1.29, 1.82) is 0 Å². The summed E-state index contributed by atoms with van der Waals surface area (Å²) < 4.78 is 1.86. The van der Waals surface area contributed by atoms with Gasteiger partial charge in [-0.3, -0.25) is 19.2 Å². The monoisotopic (exact) mass is 368 g/mol. The van der Waals surface area contributed by atoms with E-state index in [4.69, 9.17) is 4.98 Å². The highest BCUT2D eigenvalue weighted by molar-refractivity contribution is 5.60.